The van der Waals surface area contributed by atoms with E-state index in [-0.39, 0.29) is 0 Å². The molecule has 84 valence electrons. The summed E-state index contributed by atoms with van der Waals surface area (Å²) in [5.41, 5.74) is 5.62. The molecule has 1 aromatic rings. The van der Waals surface area contributed by atoms with Crippen LogP contribution in [-0.2, 0) is 0 Å². The lowest BCUT2D eigenvalue weighted by Gasteiger charge is -2.10. The highest BCUT2D eigenvalue weighted by molar-refractivity contribution is 5.42. The number of nitrogens with one attached hydrogen (secondary N) is 1. The van der Waals surface area contributed by atoms with Crippen molar-refractivity contribution in [2.24, 2.45) is 23.7 Å². The van der Waals surface area contributed by atoms with E-state index in [1.165, 1.54) is 19.3 Å². The molecule has 0 aromatic carbocycles. The van der Waals surface area contributed by atoms with Gasteiger partial charge in [0, 0.05) is 6.04 Å². The minimum Gasteiger partial charge on any atom is -0.382 e. The molecule has 0 amide bonds. The van der Waals surface area contributed by atoms with Crippen LogP contribution in [-0.4, -0.2) is 16.0 Å². The van der Waals surface area contributed by atoms with Crippen LogP contribution in [0.4, 0.5) is 11.6 Å². The summed E-state index contributed by atoms with van der Waals surface area (Å²) in [5, 5.41) is 3.51. The first-order valence-corrected chi connectivity index (χ1v) is 6.17. The first-order chi connectivity index (χ1) is 7.83. The Bertz CT molecular complexity index is 417. The van der Waals surface area contributed by atoms with E-state index in [0.29, 0.717) is 11.9 Å². The number of aromatic nitrogens is 2. The maximum absolute atomic E-state index is 5.62. The van der Waals surface area contributed by atoms with Gasteiger partial charge in [0.25, 0.3) is 0 Å². The van der Waals surface area contributed by atoms with Crippen molar-refractivity contribution in [2.45, 2.75) is 25.3 Å². The van der Waals surface area contributed by atoms with Gasteiger partial charge in [0.1, 0.15) is 11.6 Å². The van der Waals surface area contributed by atoms with Crippen molar-refractivity contribution >= 4 is 11.6 Å². The smallest absolute Gasteiger partial charge is 0.147 e. The van der Waals surface area contributed by atoms with Crippen LogP contribution in [0.25, 0.3) is 0 Å². The third-order valence-corrected chi connectivity index (χ3v) is 4.70. The molecule has 3 N–H and O–H groups in total. The summed E-state index contributed by atoms with van der Waals surface area (Å²) in [4.78, 5) is 8.32. The van der Waals surface area contributed by atoms with Crippen molar-refractivity contribution in [3.8, 4) is 0 Å². The first-order valence-electron chi connectivity index (χ1n) is 6.17. The molecule has 1 heterocycles. The van der Waals surface area contributed by atoms with Crippen molar-refractivity contribution < 1.29 is 0 Å². The molecule has 4 atom stereocenters. The highest BCUT2D eigenvalue weighted by Crippen LogP contribution is 2.66. The lowest BCUT2D eigenvalue weighted by Crippen LogP contribution is -2.14. The van der Waals surface area contributed by atoms with E-state index in [4.69, 9.17) is 5.73 Å². The summed E-state index contributed by atoms with van der Waals surface area (Å²) in [5.74, 6) is 5.16. The van der Waals surface area contributed by atoms with Crippen molar-refractivity contribution in [3.63, 3.8) is 0 Å². The van der Waals surface area contributed by atoms with E-state index in [2.05, 4.69) is 15.3 Å². The average Bonchev–Trinajstić information content (AvgIpc) is 2.70. The van der Waals surface area contributed by atoms with Crippen molar-refractivity contribution in [3.05, 3.63) is 12.4 Å². The minimum atomic E-state index is 0.499. The monoisotopic (exact) mass is 216 g/mol. The maximum Gasteiger partial charge on any atom is 0.147 e. The van der Waals surface area contributed by atoms with Gasteiger partial charge in [-0.05, 0) is 42.9 Å². The molecule has 2 bridgehead atoms. The van der Waals surface area contributed by atoms with Gasteiger partial charge in [0.2, 0.25) is 0 Å². The lowest BCUT2D eigenvalue weighted by atomic mass is 10.0. The zero-order chi connectivity index (χ0) is 10.7. The standard InChI is InChI=1S/C12H16N4/c13-8-4-14-5-9(15-8)16-12-10-6-1-2-7(3-6)11(10)12/h4-7,10-12H,1-3H2,(H3,13,15,16). The van der Waals surface area contributed by atoms with Crippen LogP contribution in [0.15, 0.2) is 12.4 Å². The molecular weight excluding hydrogens is 200 g/mol. The molecule has 3 fully saturated rings. The van der Waals surface area contributed by atoms with E-state index >= 15 is 0 Å². The number of nitrogen functional groups attached to an aromatic ring is 1. The molecule has 16 heavy (non-hydrogen) atoms. The van der Waals surface area contributed by atoms with Gasteiger partial charge in [-0.25, -0.2) is 4.98 Å². The Morgan fingerprint density at radius 2 is 1.94 bits per heavy atom. The molecule has 4 heteroatoms. The Kier molecular flexibility index (Phi) is 1.58. The third-order valence-electron chi connectivity index (χ3n) is 4.70. The Balaban J connectivity index is 1.51. The minimum absolute atomic E-state index is 0.499. The van der Waals surface area contributed by atoms with Crippen LogP contribution in [0.3, 0.4) is 0 Å². The fourth-order valence-corrected chi connectivity index (χ4v) is 4.14. The summed E-state index contributed by atoms with van der Waals surface area (Å²) >= 11 is 0. The SMILES string of the molecule is Nc1cncc(NC2C3C4CCC(C4)C23)n1. The molecule has 4 nitrogen and oxygen atoms in total. The zero-order valence-electron chi connectivity index (χ0n) is 9.13. The van der Waals surface area contributed by atoms with Crippen molar-refractivity contribution in [1.29, 1.82) is 0 Å². The molecule has 4 rings (SSSR count). The van der Waals surface area contributed by atoms with E-state index in [0.717, 1.165) is 29.5 Å². The quantitative estimate of drug-likeness (QED) is 0.786. The average molecular weight is 216 g/mol. The predicted molar refractivity (Wildman–Crippen MR) is 61.7 cm³/mol. The molecule has 1 aromatic heterocycles. The second-order valence-corrected chi connectivity index (χ2v) is 5.49. The Morgan fingerprint density at radius 1 is 1.19 bits per heavy atom. The van der Waals surface area contributed by atoms with E-state index in [1.54, 1.807) is 12.4 Å². The number of nitrogens with zero attached hydrogens (tertiary/aromatic N) is 2. The highest BCUT2D eigenvalue weighted by atomic mass is 15.1. The number of fused-ring (bicyclic) bond motifs is 5. The lowest BCUT2D eigenvalue weighted by molar-refractivity contribution is 0.456. The van der Waals surface area contributed by atoms with Gasteiger partial charge in [-0.1, -0.05) is 0 Å². The number of hydrogen-bond acceptors (Lipinski definition) is 4. The van der Waals surface area contributed by atoms with Crippen LogP contribution in [0, 0.1) is 23.7 Å². The Labute approximate surface area is 94.7 Å². The summed E-state index contributed by atoms with van der Waals surface area (Å²) in [6.45, 7) is 0. The molecule has 3 saturated carbocycles. The number of hydrogen-bond donors (Lipinski definition) is 2. The van der Waals surface area contributed by atoms with Gasteiger partial charge in [-0.3, -0.25) is 4.98 Å². The molecular formula is C12H16N4. The number of nitrogens with two attached hydrogens (primary N) is 1. The highest BCUT2D eigenvalue weighted by Gasteiger charge is 2.65. The normalized spacial score (nSPS) is 43.1. The molecule has 0 spiro atoms. The maximum atomic E-state index is 5.62. The van der Waals surface area contributed by atoms with E-state index in [9.17, 15) is 0 Å². The molecule has 3 aliphatic rings. The van der Waals surface area contributed by atoms with E-state index < -0.39 is 0 Å². The van der Waals surface area contributed by atoms with Gasteiger partial charge >= 0.3 is 0 Å². The molecule has 3 aliphatic carbocycles. The molecule has 0 radical (unpaired) electrons. The molecule has 0 saturated heterocycles. The van der Waals surface area contributed by atoms with Crippen LogP contribution in [0.1, 0.15) is 19.3 Å². The van der Waals surface area contributed by atoms with Crippen molar-refractivity contribution in [1.82, 2.24) is 9.97 Å². The first kappa shape index (κ1) is 8.79. The van der Waals surface area contributed by atoms with Crippen LogP contribution in [0.5, 0.6) is 0 Å². The fraction of sp³-hybridized carbons (Fsp3) is 0.667. The number of anilines is 2. The van der Waals surface area contributed by atoms with Gasteiger partial charge in [0.05, 0.1) is 12.4 Å². The van der Waals surface area contributed by atoms with E-state index in [1.807, 2.05) is 0 Å². The summed E-state index contributed by atoms with van der Waals surface area (Å²) < 4.78 is 0. The number of rotatable bonds is 2. The molecule has 0 aliphatic heterocycles. The van der Waals surface area contributed by atoms with Gasteiger partial charge in [0.15, 0.2) is 0 Å². The van der Waals surface area contributed by atoms with Gasteiger partial charge in [-0.15, -0.1) is 0 Å². The summed E-state index contributed by atoms with van der Waals surface area (Å²) in [6, 6.07) is 0.655. The topological polar surface area (TPSA) is 63.8 Å². The van der Waals surface area contributed by atoms with Crippen LogP contribution < -0.4 is 11.1 Å². The Morgan fingerprint density at radius 3 is 2.62 bits per heavy atom. The zero-order valence-corrected chi connectivity index (χ0v) is 9.13. The van der Waals surface area contributed by atoms with Gasteiger partial charge < -0.3 is 11.1 Å². The van der Waals surface area contributed by atoms with Crippen LogP contribution >= 0.6 is 0 Å². The largest absolute Gasteiger partial charge is 0.382 e. The van der Waals surface area contributed by atoms with Crippen LogP contribution in [0.2, 0.25) is 0 Å². The summed E-state index contributed by atoms with van der Waals surface area (Å²) in [7, 11) is 0. The second kappa shape index (κ2) is 2.87. The molecule has 4 unspecified atom stereocenters. The fourth-order valence-electron chi connectivity index (χ4n) is 4.14. The Hall–Kier alpha value is -1.32. The van der Waals surface area contributed by atoms with Crippen molar-refractivity contribution in [2.75, 3.05) is 11.1 Å². The van der Waals surface area contributed by atoms with Gasteiger partial charge in [-0.2, -0.15) is 0 Å². The third kappa shape index (κ3) is 1.10. The second-order valence-electron chi connectivity index (χ2n) is 5.49. The summed E-state index contributed by atoms with van der Waals surface area (Å²) in [6.07, 6.45) is 7.74. The predicted octanol–water partition coefficient (Wildman–Crippen LogP) is 1.52.